The van der Waals surface area contributed by atoms with Crippen LogP contribution in [0.15, 0.2) is 24.3 Å². The summed E-state index contributed by atoms with van der Waals surface area (Å²) in [6, 6.07) is 7.21. The van der Waals surface area contributed by atoms with Crippen LogP contribution in [0, 0.1) is 0 Å². The molecule has 2 heterocycles. The van der Waals surface area contributed by atoms with E-state index in [0.717, 1.165) is 50.7 Å². The zero-order chi connectivity index (χ0) is 22.5. The third kappa shape index (κ3) is 5.07. The van der Waals surface area contributed by atoms with Crippen LogP contribution in [0.1, 0.15) is 53.4 Å². The highest BCUT2D eigenvalue weighted by Gasteiger charge is 2.28. The van der Waals surface area contributed by atoms with E-state index in [1.54, 1.807) is 26.2 Å². The maximum absolute atomic E-state index is 13.1. The number of benzene rings is 1. The van der Waals surface area contributed by atoms with E-state index >= 15 is 0 Å². The van der Waals surface area contributed by atoms with E-state index in [2.05, 4.69) is 10.6 Å². The molecule has 2 amide bonds. The van der Waals surface area contributed by atoms with Gasteiger partial charge in [-0.3, -0.25) is 9.59 Å². The minimum absolute atomic E-state index is 0.0701. The lowest BCUT2D eigenvalue weighted by Gasteiger charge is -2.17. The number of nitrogens with one attached hydrogen (secondary N) is 2. The van der Waals surface area contributed by atoms with Crippen LogP contribution in [0.25, 0.3) is 0 Å². The van der Waals surface area contributed by atoms with E-state index in [-0.39, 0.29) is 17.9 Å². The highest BCUT2D eigenvalue weighted by molar-refractivity contribution is 7.17. The molecule has 1 aromatic carbocycles. The Morgan fingerprint density at radius 3 is 2.72 bits per heavy atom. The Morgan fingerprint density at radius 2 is 1.97 bits per heavy atom. The first-order valence-electron chi connectivity index (χ1n) is 11.2. The molecule has 32 heavy (non-hydrogen) atoms. The molecule has 1 saturated heterocycles. The molecule has 0 saturated carbocycles. The predicted octanol–water partition coefficient (Wildman–Crippen LogP) is 3.95. The van der Waals surface area contributed by atoms with Crippen molar-refractivity contribution in [2.45, 2.75) is 57.7 Å². The highest BCUT2D eigenvalue weighted by atomic mass is 32.1. The van der Waals surface area contributed by atoms with Crippen molar-refractivity contribution in [3.05, 3.63) is 40.3 Å². The molecule has 0 bridgehead atoms. The number of carbonyl (C=O) groups is 2. The van der Waals surface area contributed by atoms with Crippen LogP contribution in [0.2, 0.25) is 0 Å². The van der Waals surface area contributed by atoms with Gasteiger partial charge in [0.1, 0.15) is 5.00 Å². The van der Waals surface area contributed by atoms with Gasteiger partial charge in [-0.1, -0.05) is 12.1 Å². The summed E-state index contributed by atoms with van der Waals surface area (Å²) in [4.78, 5) is 27.3. The normalized spacial score (nSPS) is 18.5. The molecule has 0 radical (unpaired) electrons. The second-order valence-corrected chi connectivity index (χ2v) is 9.27. The van der Waals surface area contributed by atoms with Gasteiger partial charge in [-0.15, -0.1) is 11.3 Å². The second kappa shape index (κ2) is 10.4. The molecule has 2 aromatic rings. The zero-order valence-electron chi connectivity index (χ0n) is 18.6. The molecule has 2 N–H and O–H groups in total. The van der Waals surface area contributed by atoms with E-state index in [4.69, 9.17) is 14.2 Å². The van der Waals surface area contributed by atoms with Crippen LogP contribution < -0.4 is 20.1 Å². The third-order valence-corrected chi connectivity index (χ3v) is 7.10. The van der Waals surface area contributed by atoms with Crippen LogP contribution in [-0.2, 0) is 22.4 Å². The quantitative estimate of drug-likeness (QED) is 0.626. The molecule has 4 rings (SSSR count). The summed E-state index contributed by atoms with van der Waals surface area (Å²) >= 11 is 1.50. The number of thiophene rings is 1. The average molecular weight is 459 g/mol. The Labute approximate surface area is 192 Å². The topological polar surface area (TPSA) is 85.9 Å². The first kappa shape index (κ1) is 22.6. The lowest BCUT2D eigenvalue weighted by molar-refractivity contribution is -0.122. The molecule has 2 atom stereocenters. The number of fused-ring (bicyclic) bond motifs is 1. The van der Waals surface area contributed by atoms with Gasteiger partial charge in [0, 0.05) is 18.0 Å². The number of anilines is 1. The van der Waals surface area contributed by atoms with Gasteiger partial charge in [-0.2, -0.15) is 0 Å². The molecule has 1 aromatic heterocycles. The van der Waals surface area contributed by atoms with Crippen LogP contribution in [0.3, 0.4) is 0 Å². The first-order valence-corrected chi connectivity index (χ1v) is 12.0. The summed E-state index contributed by atoms with van der Waals surface area (Å²) in [5.74, 6) is 0.613. The summed E-state index contributed by atoms with van der Waals surface area (Å²) < 4.78 is 16.8. The van der Waals surface area contributed by atoms with Crippen molar-refractivity contribution < 1.29 is 23.8 Å². The van der Waals surface area contributed by atoms with Crippen molar-refractivity contribution in [2.24, 2.45) is 0 Å². The van der Waals surface area contributed by atoms with Gasteiger partial charge in [0.15, 0.2) is 17.6 Å². The number of aryl methyl sites for hydroxylation is 1. The minimum Gasteiger partial charge on any atom is -0.493 e. The summed E-state index contributed by atoms with van der Waals surface area (Å²) in [5.41, 5.74) is 1.67. The minimum atomic E-state index is -0.756. The molecule has 8 heteroatoms. The predicted molar refractivity (Wildman–Crippen MR) is 124 cm³/mol. The second-order valence-electron chi connectivity index (χ2n) is 8.16. The van der Waals surface area contributed by atoms with E-state index < -0.39 is 6.10 Å². The summed E-state index contributed by atoms with van der Waals surface area (Å²) in [5, 5.41) is 6.57. The van der Waals surface area contributed by atoms with Gasteiger partial charge in [0.2, 0.25) is 0 Å². The van der Waals surface area contributed by atoms with Gasteiger partial charge in [-0.05, 0) is 63.1 Å². The Bertz CT molecular complexity index is 967. The number of rotatable bonds is 8. The standard InChI is InChI=1S/C24H30N2O5S/c1-15(31-19-11-5-4-10-18(19)29-2)22(27)26-24-21(17-9-3-6-12-20(17)32-24)23(28)25-14-16-8-7-13-30-16/h4-5,10-11,15-16H,3,6-9,12-14H2,1-2H3,(H,25,28)(H,26,27)/t15-,16-/m0/s1. The van der Waals surface area contributed by atoms with Gasteiger partial charge >= 0.3 is 0 Å². The molecule has 172 valence electrons. The molecule has 0 spiro atoms. The Balaban J connectivity index is 1.48. The third-order valence-electron chi connectivity index (χ3n) is 5.89. The van der Waals surface area contributed by atoms with Gasteiger partial charge < -0.3 is 24.8 Å². The maximum Gasteiger partial charge on any atom is 0.265 e. The van der Waals surface area contributed by atoms with Crippen molar-refractivity contribution in [3.8, 4) is 11.5 Å². The van der Waals surface area contributed by atoms with Crippen molar-refractivity contribution in [2.75, 3.05) is 25.6 Å². The van der Waals surface area contributed by atoms with Crippen LogP contribution in [0.5, 0.6) is 11.5 Å². The fourth-order valence-electron chi connectivity index (χ4n) is 4.17. The fraction of sp³-hybridized carbons (Fsp3) is 0.500. The lowest BCUT2D eigenvalue weighted by Crippen LogP contribution is -2.34. The van der Waals surface area contributed by atoms with Crippen molar-refractivity contribution >= 4 is 28.2 Å². The Kier molecular flexibility index (Phi) is 7.32. The summed E-state index contributed by atoms with van der Waals surface area (Å²) in [6.07, 6.45) is 5.26. The Morgan fingerprint density at radius 1 is 1.19 bits per heavy atom. The van der Waals surface area contributed by atoms with Crippen LogP contribution in [0.4, 0.5) is 5.00 Å². The first-order chi connectivity index (χ1) is 15.6. The molecule has 1 fully saturated rings. The monoisotopic (exact) mass is 458 g/mol. The molecular weight excluding hydrogens is 428 g/mol. The van der Waals surface area contributed by atoms with Crippen molar-refractivity contribution in [1.82, 2.24) is 5.32 Å². The lowest BCUT2D eigenvalue weighted by atomic mass is 9.95. The molecule has 7 nitrogen and oxygen atoms in total. The van der Waals surface area contributed by atoms with Crippen LogP contribution in [-0.4, -0.2) is 44.3 Å². The number of amides is 2. The van der Waals surface area contributed by atoms with E-state index in [1.165, 1.54) is 16.2 Å². The van der Waals surface area contributed by atoms with Crippen LogP contribution >= 0.6 is 11.3 Å². The van der Waals surface area contributed by atoms with Crippen molar-refractivity contribution in [1.29, 1.82) is 0 Å². The number of carbonyl (C=O) groups excluding carboxylic acids is 2. The van der Waals surface area contributed by atoms with E-state index in [1.807, 2.05) is 12.1 Å². The number of hydrogen-bond acceptors (Lipinski definition) is 6. The molecule has 1 aliphatic heterocycles. The molecule has 1 aliphatic carbocycles. The molecule has 2 aliphatic rings. The number of ether oxygens (including phenoxy) is 3. The number of para-hydroxylation sites is 2. The highest BCUT2D eigenvalue weighted by Crippen LogP contribution is 2.38. The Hall–Kier alpha value is -2.58. The van der Waals surface area contributed by atoms with Gasteiger partial charge in [0.25, 0.3) is 11.8 Å². The summed E-state index contributed by atoms with van der Waals surface area (Å²) in [7, 11) is 1.56. The summed E-state index contributed by atoms with van der Waals surface area (Å²) in [6.45, 7) is 2.93. The number of methoxy groups -OCH3 is 1. The zero-order valence-corrected chi connectivity index (χ0v) is 19.4. The van der Waals surface area contributed by atoms with Crippen molar-refractivity contribution in [3.63, 3.8) is 0 Å². The van der Waals surface area contributed by atoms with E-state index in [9.17, 15) is 9.59 Å². The SMILES string of the molecule is COc1ccccc1O[C@@H](C)C(=O)Nc1sc2c(c1C(=O)NC[C@@H]1CCCO1)CCCC2. The molecular formula is C24H30N2O5S. The maximum atomic E-state index is 13.1. The fourth-order valence-corrected chi connectivity index (χ4v) is 5.46. The van der Waals surface area contributed by atoms with Gasteiger partial charge in [-0.25, -0.2) is 0 Å². The average Bonchev–Trinajstić information content (AvgIpc) is 3.45. The largest absolute Gasteiger partial charge is 0.493 e. The van der Waals surface area contributed by atoms with E-state index in [0.29, 0.717) is 28.6 Å². The number of hydrogen-bond donors (Lipinski definition) is 2. The smallest absolute Gasteiger partial charge is 0.265 e. The molecule has 0 unspecified atom stereocenters. The van der Waals surface area contributed by atoms with Gasteiger partial charge in [0.05, 0.1) is 18.8 Å².